The van der Waals surface area contributed by atoms with Gasteiger partial charge in [0.15, 0.2) is 0 Å². The number of methoxy groups -OCH3 is 1. The largest absolute Gasteiger partial charge is 0.497 e. The fourth-order valence-corrected chi connectivity index (χ4v) is 2.34. The fourth-order valence-electron chi connectivity index (χ4n) is 2.34. The van der Waals surface area contributed by atoms with Gasteiger partial charge in [0.05, 0.1) is 7.11 Å². The van der Waals surface area contributed by atoms with Crippen LogP contribution in [0.3, 0.4) is 0 Å². The molecule has 1 aromatic rings. The molecule has 1 heterocycles. The Morgan fingerprint density at radius 3 is 2.89 bits per heavy atom. The lowest BCUT2D eigenvalue weighted by molar-refractivity contribution is 0.0781. The van der Waals surface area contributed by atoms with Crippen molar-refractivity contribution in [2.75, 3.05) is 26.8 Å². The molecule has 98 valence electrons. The number of benzene rings is 1. The van der Waals surface area contributed by atoms with E-state index in [4.69, 9.17) is 9.84 Å². The third kappa shape index (κ3) is 2.48. The SMILES string of the molecule is COc1ccc(C(=O)N2CCC(CO)C2)c(C)c1. The number of hydrogen-bond acceptors (Lipinski definition) is 3. The molecule has 0 saturated carbocycles. The van der Waals surface area contributed by atoms with Crippen LogP contribution in [0.5, 0.6) is 5.75 Å². The minimum atomic E-state index is 0.0473. The van der Waals surface area contributed by atoms with Gasteiger partial charge in [0, 0.05) is 31.2 Å². The Balaban J connectivity index is 2.14. The minimum absolute atomic E-state index is 0.0473. The third-order valence-corrected chi connectivity index (χ3v) is 3.50. The van der Waals surface area contributed by atoms with Gasteiger partial charge in [-0.2, -0.15) is 0 Å². The van der Waals surface area contributed by atoms with Crippen molar-refractivity contribution in [1.29, 1.82) is 0 Å². The molecule has 1 unspecified atom stereocenters. The highest BCUT2D eigenvalue weighted by molar-refractivity contribution is 5.96. The Bertz CT molecular complexity index is 445. The molecule has 1 aliphatic heterocycles. The van der Waals surface area contributed by atoms with Gasteiger partial charge in [-0.15, -0.1) is 0 Å². The summed E-state index contributed by atoms with van der Waals surface area (Å²) in [4.78, 5) is 14.1. The van der Waals surface area contributed by atoms with Gasteiger partial charge in [0.1, 0.15) is 5.75 Å². The van der Waals surface area contributed by atoms with Crippen LogP contribution in [0.1, 0.15) is 22.3 Å². The first-order chi connectivity index (χ1) is 8.65. The molecule has 1 aliphatic rings. The molecule has 18 heavy (non-hydrogen) atoms. The number of carbonyl (C=O) groups excluding carboxylic acids is 1. The van der Waals surface area contributed by atoms with Crippen molar-refractivity contribution in [3.05, 3.63) is 29.3 Å². The first-order valence-electron chi connectivity index (χ1n) is 6.20. The molecule has 0 radical (unpaired) electrons. The lowest BCUT2D eigenvalue weighted by Gasteiger charge is -2.17. The normalized spacial score (nSPS) is 19.1. The topological polar surface area (TPSA) is 49.8 Å². The second kappa shape index (κ2) is 5.40. The van der Waals surface area contributed by atoms with Crippen LogP contribution in [0.25, 0.3) is 0 Å². The summed E-state index contributed by atoms with van der Waals surface area (Å²) in [5.41, 5.74) is 1.64. The zero-order chi connectivity index (χ0) is 13.1. The number of aryl methyl sites for hydroxylation is 1. The van der Waals surface area contributed by atoms with Crippen LogP contribution in [-0.2, 0) is 0 Å². The summed E-state index contributed by atoms with van der Waals surface area (Å²) in [5.74, 6) is 1.04. The minimum Gasteiger partial charge on any atom is -0.497 e. The second-order valence-electron chi connectivity index (χ2n) is 4.77. The predicted molar refractivity (Wildman–Crippen MR) is 68.8 cm³/mol. The molecule has 1 saturated heterocycles. The van der Waals surface area contributed by atoms with Crippen LogP contribution < -0.4 is 4.74 Å². The first kappa shape index (κ1) is 12.9. The van der Waals surface area contributed by atoms with E-state index in [0.717, 1.165) is 29.8 Å². The average molecular weight is 249 g/mol. The maximum absolute atomic E-state index is 12.3. The van der Waals surface area contributed by atoms with Gasteiger partial charge in [0.2, 0.25) is 0 Å². The maximum atomic E-state index is 12.3. The van der Waals surface area contributed by atoms with Crippen molar-refractivity contribution >= 4 is 5.91 Å². The number of ether oxygens (including phenoxy) is 1. The molecule has 0 bridgehead atoms. The molecule has 0 spiro atoms. The lowest BCUT2D eigenvalue weighted by Crippen LogP contribution is -2.29. The first-order valence-corrected chi connectivity index (χ1v) is 6.20. The molecule has 4 heteroatoms. The van der Waals surface area contributed by atoms with E-state index in [1.807, 2.05) is 24.0 Å². The van der Waals surface area contributed by atoms with E-state index in [2.05, 4.69) is 0 Å². The number of rotatable bonds is 3. The predicted octanol–water partition coefficient (Wildman–Crippen LogP) is 1.46. The van der Waals surface area contributed by atoms with Crippen molar-refractivity contribution in [3.8, 4) is 5.75 Å². The smallest absolute Gasteiger partial charge is 0.254 e. The van der Waals surface area contributed by atoms with Crippen LogP contribution in [0.15, 0.2) is 18.2 Å². The molecule has 0 aromatic heterocycles. The molecule has 1 amide bonds. The molecule has 0 aliphatic carbocycles. The van der Waals surface area contributed by atoms with Crippen LogP contribution >= 0.6 is 0 Å². The highest BCUT2D eigenvalue weighted by Gasteiger charge is 2.27. The number of likely N-dealkylation sites (tertiary alicyclic amines) is 1. The van der Waals surface area contributed by atoms with E-state index in [9.17, 15) is 4.79 Å². The third-order valence-electron chi connectivity index (χ3n) is 3.50. The average Bonchev–Trinajstić information content (AvgIpc) is 2.86. The van der Waals surface area contributed by atoms with E-state index in [0.29, 0.717) is 6.54 Å². The highest BCUT2D eigenvalue weighted by atomic mass is 16.5. The molecule has 1 fully saturated rings. The Kier molecular flexibility index (Phi) is 3.87. The molecule has 1 N–H and O–H groups in total. The Labute approximate surface area is 107 Å². The van der Waals surface area contributed by atoms with Crippen molar-refractivity contribution in [3.63, 3.8) is 0 Å². The van der Waals surface area contributed by atoms with Crippen LogP contribution in [0, 0.1) is 12.8 Å². The summed E-state index contributed by atoms with van der Waals surface area (Å²) in [6, 6.07) is 5.48. The van der Waals surface area contributed by atoms with Crippen molar-refractivity contribution in [2.45, 2.75) is 13.3 Å². The monoisotopic (exact) mass is 249 g/mol. The Morgan fingerprint density at radius 2 is 2.33 bits per heavy atom. The Hall–Kier alpha value is -1.55. The van der Waals surface area contributed by atoms with Gasteiger partial charge in [0.25, 0.3) is 5.91 Å². The Morgan fingerprint density at radius 1 is 1.56 bits per heavy atom. The number of amides is 1. The quantitative estimate of drug-likeness (QED) is 0.882. The van der Waals surface area contributed by atoms with Gasteiger partial charge in [-0.1, -0.05) is 0 Å². The van der Waals surface area contributed by atoms with E-state index in [1.54, 1.807) is 13.2 Å². The maximum Gasteiger partial charge on any atom is 0.254 e. The lowest BCUT2D eigenvalue weighted by atomic mass is 10.1. The molecular weight excluding hydrogens is 230 g/mol. The summed E-state index contributed by atoms with van der Waals surface area (Å²) in [6.07, 6.45) is 0.886. The van der Waals surface area contributed by atoms with Crippen LogP contribution in [0.4, 0.5) is 0 Å². The number of aliphatic hydroxyl groups is 1. The van der Waals surface area contributed by atoms with Gasteiger partial charge in [-0.25, -0.2) is 0 Å². The summed E-state index contributed by atoms with van der Waals surface area (Å²) in [7, 11) is 1.61. The molecular formula is C14H19NO3. The summed E-state index contributed by atoms with van der Waals surface area (Å²) >= 11 is 0. The van der Waals surface area contributed by atoms with Crippen molar-refractivity contribution in [1.82, 2.24) is 4.90 Å². The summed E-state index contributed by atoms with van der Waals surface area (Å²) in [6.45, 7) is 3.46. The molecule has 1 atom stereocenters. The standard InChI is InChI=1S/C14H19NO3/c1-10-7-12(18-2)3-4-13(10)14(17)15-6-5-11(8-15)9-16/h3-4,7,11,16H,5-6,8-9H2,1-2H3. The van der Waals surface area contributed by atoms with Gasteiger partial charge < -0.3 is 14.7 Å². The van der Waals surface area contributed by atoms with Crippen LogP contribution in [-0.4, -0.2) is 42.7 Å². The number of hydrogen-bond donors (Lipinski definition) is 1. The second-order valence-corrected chi connectivity index (χ2v) is 4.77. The zero-order valence-electron chi connectivity index (χ0n) is 10.8. The number of carbonyl (C=O) groups is 1. The highest BCUT2D eigenvalue weighted by Crippen LogP contribution is 2.22. The van der Waals surface area contributed by atoms with Gasteiger partial charge in [-0.3, -0.25) is 4.79 Å². The summed E-state index contributed by atoms with van der Waals surface area (Å²) < 4.78 is 5.13. The van der Waals surface area contributed by atoms with Crippen molar-refractivity contribution < 1.29 is 14.6 Å². The van der Waals surface area contributed by atoms with E-state index in [1.165, 1.54) is 0 Å². The number of aliphatic hydroxyl groups excluding tert-OH is 1. The zero-order valence-corrected chi connectivity index (χ0v) is 10.8. The van der Waals surface area contributed by atoms with E-state index < -0.39 is 0 Å². The summed E-state index contributed by atoms with van der Waals surface area (Å²) in [5, 5.41) is 9.10. The van der Waals surface area contributed by atoms with Crippen molar-refractivity contribution in [2.24, 2.45) is 5.92 Å². The van der Waals surface area contributed by atoms with Gasteiger partial charge >= 0.3 is 0 Å². The van der Waals surface area contributed by atoms with Crippen LogP contribution in [0.2, 0.25) is 0 Å². The number of nitrogens with zero attached hydrogens (tertiary/aromatic N) is 1. The fraction of sp³-hybridized carbons (Fsp3) is 0.500. The van der Waals surface area contributed by atoms with E-state index >= 15 is 0 Å². The molecule has 4 nitrogen and oxygen atoms in total. The van der Waals surface area contributed by atoms with Gasteiger partial charge in [-0.05, 0) is 37.1 Å². The molecule has 2 rings (SSSR count). The molecule has 1 aromatic carbocycles. The van der Waals surface area contributed by atoms with E-state index in [-0.39, 0.29) is 18.4 Å².